The van der Waals surface area contributed by atoms with Crippen LogP contribution in [0, 0.1) is 10.1 Å². The molecule has 1 N–H and O–H groups in total. The van der Waals surface area contributed by atoms with E-state index in [9.17, 15) is 14.9 Å². The molecular formula is C22H18ClN3O5S. The molecule has 164 valence electrons. The summed E-state index contributed by atoms with van der Waals surface area (Å²) in [5.41, 5.74) is 3.07. The lowest BCUT2D eigenvalue weighted by molar-refractivity contribution is -0.387. The number of rotatable bonds is 8. The third-order valence-electron chi connectivity index (χ3n) is 4.21. The topological polar surface area (TPSA) is 103 Å². The van der Waals surface area contributed by atoms with Crippen LogP contribution in [0.4, 0.5) is 5.69 Å². The van der Waals surface area contributed by atoms with Crippen molar-refractivity contribution in [3.05, 3.63) is 86.9 Å². The van der Waals surface area contributed by atoms with E-state index in [4.69, 9.17) is 21.1 Å². The highest BCUT2D eigenvalue weighted by atomic mass is 35.5. The van der Waals surface area contributed by atoms with Gasteiger partial charge >= 0.3 is 0 Å². The summed E-state index contributed by atoms with van der Waals surface area (Å²) in [6, 6.07) is 16.4. The first-order valence-electron chi connectivity index (χ1n) is 9.18. The minimum Gasteiger partial charge on any atom is -0.497 e. The Morgan fingerprint density at radius 2 is 1.72 bits per heavy atom. The van der Waals surface area contributed by atoms with Gasteiger partial charge in [0.25, 0.3) is 11.6 Å². The molecule has 0 aromatic heterocycles. The molecule has 0 saturated heterocycles. The monoisotopic (exact) mass is 471 g/mol. The number of halogens is 1. The van der Waals surface area contributed by atoms with E-state index in [-0.39, 0.29) is 5.69 Å². The largest absolute Gasteiger partial charge is 0.497 e. The lowest BCUT2D eigenvalue weighted by Gasteiger charge is -2.07. The Hall–Kier alpha value is -3.56. The molecule has 0 atom stereocenters. The number of nitrogens with zero attached hydrogens (tertiary/aromatic N) is 2. The number of methoxy groups -OCH3 is 2. The molecule has 1 amide bonds. The molecule has 32 heavy (non-hydrogen) atoms. The van der Waals surface area contributed by atoms with Crippen LogP contribution in [0.25, 0.3) is 0 Å². The molecule has 0 bridgehead atoms. The fourth-order valence-electron chi connectivity index (χ4n) is 2.64. The SMILES string of the molecule is COc1cc(OC)cc(C(=O)N/N=C/c2ccc(Sc3ccc(Cl)cc3)c([N+](=O)[O-])c2)c1. The second-order valence-electron chi connectivity index (χ2n) is 6.34. The number of benzene rings is 3. The van der Waals surface area contributed by atoms with Crippen LogP contribution >= 0.6 is 23.4 Å². The highest BCUT2D eigenvalue weighted by molar-refractivity contribution is 7.99. The normalized spacial score (nSPS) is 10.7. The van der Waals surface area contributed by atoms with Crippen molar-refractivity contribution < 1.29 is 19.2 Å². The fraction of sp³-hybridized carbons (Fsp3) is 0.0909. The third kappa shape index (κ3) is 5.99. The smallest absolute Gasteiger partial charge is 0.283 e. The number of amides is 1. The number of hydrazone groups is 1. The number of ether oxygens (including phenoxy) is 2. The zero-order valence-electron chi connectivity index (χ0n) is 17.1. The van der Waals surface area contributed by atoms with Crippen molar-refractivity contribution in [3.63, 3.8) is 0 Å². The maximum atomic E-state index is 12.4. The number of carbonyl (C=O) groups excluding carboxylic acids is 1. The summed E-state index contributed by atoms with van der Waals surface area (Å²) in [5, 5.41) is 16.0. The van der Waals surface area contributed by atoms with Gasteiger partial charge in [0.15, 0.2) is 0 Å². The van der Waals surface area contributed by atoms with Crippen molar-refractivity contribution >= 4 is 41.2 Å². The van der Waals surface area contributed by atoms with Crippen molar-refractivity contribution in [3.8, 4) is 11.5 Å². The van der Waals surface area contributed by atoms with Gasteiger partial charge in [0.05, 0.1) is 30.3 Å². The van der Waals surface area contributed by atoms with Gasteiger partial charge in [0, 0.05) is 33.2 Å². The van der Waals surface area contributed by atoms with E-state index in [2.05, 4.69) is 10.5 Å². The summed E-state index contributed by atoms with van der Waals surface area (Å²) in [5.74, 6) is 0.439. The van der Waals surface area contributed by atoms with Crippen LogP contribution in [0.3, 0.4) is 0 Å². The molecule has 0 saturated carbocycles. The summed E-state index contributed by atoms with van der Waals surface area (Å²) in [7, 11) is 2.97. The summed E-state index contributed by atoms with van der Waals surface area (Å²) >= 11 is 7.14. The second kappa shape index (κ2) is 10.7. The molecule has 0 spiro atoms. The first-order chi connectivity index (χ1) is 15.4. The zero-order valence-corrected chi connectivity index (χ0v) is 18.6. The molecule has 0 fully saturated rings. The number of nitro benzene ring substituents is 1. The first-order valence-corrected chi connectivity index (χ1v) is 10.4. The summed E-state index contributed by atoms with van der Waals surface area (Å²) < 4.78 is 10.3. The van der Waals surface area contributed by atoms with Gasteiger partial charge < -0.3 is 9.47 Å². The highest BCUT2D eigenvalue weighted by Gasteiger charge is 2.16. The third-order valence-corrected chi connectivity index (χ3v) is 5.54. The Morgan fingerprint density at radius 3 is 2.31 bits per heavy atom. The molecule has 0 heterocycles. The van der Waals surface area contributed by atoms with Gasteiger partial charge in [-0.15, -0.1) is 0 Å². The molecule has 3 rings (SSSR count). The molecule has 0 aliphatic rings. The molecule has 3 aromatic carbocycles. The Balaban J connectivity index is 1.74. The molecule has 0 aliphatic carbocycles. The van der Waals surface area contributed by atoms with E-state index in [0.29, 0.717) is 32.5 Å². The van der Waals surface area contributed by atoms with Gasteiger partial charge in [-0.3, -0.25) is 14.9 Å². The summed E-state index contributed by atoms with van der Waals surface area (Å²) in [4.78, 5) is 24.7. The average Bonchev–Trinajstić information content (AvgIpc) is 2.80. The molecule has 0 aliphatic heterocycles. The standard InChI is InChI=1S/C22H18ClN3O5S/c1-30-17-10-15(11-18(12-17)31-2)22(27)25-24-13-14-3-8-21(20(9-14)26(28)29)32-19-6-4-16(23)5-7-19/h3-13H,1-2H3,(H,25,27)/b24-13+. The van der Waals surface area contributed by atoms with Crippen LogP contribution < -0.4 is 14.9 Å². The molecule has 3 aromatic rings. The van der Waals surface area contributed by atoms with E-state index in [1.807, 2.05) is 0 Å². The minimum atomic E-state index is -0.483. The quantitative estimate of drug-likeness (QED) is 0.276. The Kier molecular flexibility index (Phi) is 7.69. The summed E-state index contributed by atoms with van der Waals surface area (Å²) in [6.07, 6.45) is 1.33. The number of nitrogens with one attached hydrogen (secondary N) is 1. The lowest BCUT2D eigenvalue weighted by atomic mass is 10.2. The van der Waals surface area contributed by atoms with Crippen LogP contribution in [0.5, 0.6) is 11.5 Å². The van der Waals surface area contributed by atoms with Crippen molar-refractivity contribution in [1.82, 2.24) is 5.43 Å². The number of hydrogen-bond acceptors (Lipinski definition) is 7. The maximum absolute atomic E-state index is 12.4. The lowest BCUT2D eigenvalue weighted by Crippen LogP contribution is -2.17. The van der Waals surface area contributed by atoms with E-state index in [0.717, 1.165) is 4.90 Å². The van der Waals surface area contributed by atoms with Crippen LogP contribution in [-0.2, 0) is 0 Å². The van der Waals surface area contributed by atoms with Gasteiger partial charge in [0.1, 0.15) is 11.5 Å². The van der Waals surface area contributed by atoms with Gasteiger partial charge in [-0.2, -0.15) is 5.10 Å². The van der Waals surface area contributed by atoms with Gasteiger partial charge in [-0.25, -0.2) is 5.43 Å². The van der Waals surface area contributed by atoms with Gasteiger partial charge in [0.2, 0.25) is 0 Å². The van der Waals surface area contributed by atoms with E-state index in [1.165, 1.54) is 38.3 Å². The zero-order chi connectivity index (χ0) is 23.1. The number of nitro groups is 1. The average molecular weight is 472 g/mol. The van der Waals surface area contributed by atoms with Crippen LogP contribution in [0.15, 0.2) is 75.6 Å². The molecule has 10 heteroatoms. The van der Waals surface area contributed by atoms with E-state index < -0.39 is 10.8 Å². The van der Waals surface area contributed by atoms with Crippen molar-refractivity contribution in [1.29, 1.82) is 0 Å². The van der Waals surface area contributed by atoms with E-state index >= 15 is 0 Å². The number of hydrogen-bond donors (Lipinski definition) is 1. The predicted molar refractivity (Wildman–Crippen MR) is 123 cm³/mol. The second-order valence-corrected chi connectivity index (χ2v) is 7.89. The first kappa shape index (κ1) is 23.1. The summed E-state index contributed by atoms with van der Waals surface area (Å²) in [6.45, 7) is 0. The molecule has 8 nitrogen and oxygen atoms in total. The number of carbonyl (C=O) groups is 1. The van der Waals surface area contributed by atoms with E-state index in [1.54, 1.807) is 54.6 Å². The van der Waals surface area contributed by atoms with Gasteiger partial charge in [-0.05, 0) is 42.5 Å². The highest BCUT2D eigenvalue weighted by Crippen LogP contribution is 2.35. The van der Waals surface area contributed by atoms with Crippen molar-refractivity contribution in [2.24, 2.45) is 5.10 Å². The predicted octanol–water partition coefficient (Wildman–Crippen LogP) is 5.18. The van der Waals surface area contributed by atoms with Crippen molar-refractivity contribution in [2.45, 2.75) is 9.79 Å². The Morgan fingerprint density at radius 1 is 1.06 bits per heavy atom. The minimum absolute atomic E-state index is 0.0715. The Bertz CT molecular complexity index is 1150. The maximum Gasteiger partial charge on any atom is 0.283 e. The van der Waals surface area contributed by atoms with Crippen LogP contribution in [0.2, 0.25) is 5.02 Å². The fourth-order valence-corrected chi connectivity index (χ4v) is 3.67. The Labute approximate surface area is 193 Å². The van der Waals surface area contributed by atoms with Gasteiger partial charge in [-0.1, -0.05) is 29.4 Å². The molecular weight excluding hydrogens is 454 g/mol. The van der Waals surface area contributed by atoms with Crippen molar-refractivity contribution in [2.75, 3.05) is 14.2 Å². The van der Waals surface area contributed by atoms with Crippen LogP contribution in [0.1, 0.15) is 15.9 Å². The van der Waals surface area contributed by atoms with Crippen LogP contribution in [-0.4, -0.2) is 31.3 Å². The molecule has 0 unspecified atom stereocenters. The molecule has 0 radical (unpaired) electrons.